The average Bonchev–Trinajstić information content (AvgIpc) is 2.87. The van der Waals surface area contributed by atoms with E-state index in [1.54, 1.807) is 37.3 Å². The molecule has 1 N–H and O–H groups in total. The molecule has 0 radical (unpaired) electrons. The number of nitrogens with one attached hydrogen (secondary N) is 1. The number of sulfonamides is 1. The van der Waals surface area contributed by atoms with Gasteiger partial charge in [-0.2, -0.15) is 0 Å². The van der Waals surface area contributed by atoms with Gasteiger partial charge in [-0.25, -0.2) is 8.42 Å². The molecular weight excluding hydrogens is 628 g/mol. The predicted octanol–water partition coefficient (Wildman–Crippen LogP) is 7.22. The van der Waals surface area contributed by atoms with Gasteiger partial charge < -0.3 is 10.2 Å². The number of rotatable bonds is 10. The van der Waals surface area contributed by atoms with Gasteiger partial charge in [0.05, 0.1) is 10.6 Å². The molecule has 0 aliphatic carbocycles. The first-order valence-electron chi connectivity index (χ1n) is 12.7. The number of benzene rings is 3. The second-order valence-electron chi connectivity index (χ2n) is 10.4. The van der Waals surface area contributed by atoms with Crippen LogP contribution in [-0.2, 0) is 26.2 Å². The van der Waals surface area contributed by atoms with Crippen LogP contribution in [0.4, 0.5) is 5.69 Å². The van der Waals surface area contributed by atoms with E-state index in [-0.39, 0.29) is 34.5 Å². The second-order valence-corrected chi connectivity index (χ2v) is 13.9. The monoisotopic (exact) mass is 657 g/mol. The number of hydrogen-bond donors (Lipinski definition) is 1. The van der Waals surface area contributed by atoms with E-state index < -0.39 is 34.1 Å². The van der Waals surface area contributed by atoms with Gasteiger partial charge in [0, 0.05) is 32.2 Å². The van der Waals surface area contributed by atoms with E-state index in [4.69, 9.17) is 46.4 Å². The minimum Gasteiger partial charge on any atom is -0.350 e. The fourth-order valence-corrected chi connectivity index (χ4v) is 6.28. The first-order valence-corrected chi connectivity index (χ1v) is 15.7. The molecule has 3 aromatic carbocycles. The molecule has 2 amide bonds. The molecule has 7 nitrogen and oxygen atoms in total. The van der Waals surface area contributed by atoms with Crippen LogP contribution in [0.1, 0.15) is 39.7 Å². The zero-order valence-electron chi connectivity index (χ0n) is 23.0. The number of halogens is 4. The number of anilines is 1. The van der Waals surface area contributed by atoms with Crippen molar-refractivity contribution < 1.29 is 18.0 Å². The maximum absolute atomic E-state index is 14.1. The molecule has 0 bridgehead atoms. The Balaban J connectivity index is 2.10. The summed E-state index contributed by atoms with van der Waals surface area (Å²) < 4.78 is 28.7. The Bertz CT molecular complexity index is 1510. The molecule has 0 saturated carbocycles. The third-order valence-corrected chi connectivity index (χ3v) is 8.88. The van der Waals surface area contributed by atoms with Crippen LogP contribution in [0.5, 0.6) is 0 Å². The normalized spacial score (nSPS) is 12.5. The molecule has 0 fully saturated rings. The van der Waals surface area contributed by atoms with Crippen LogP contribution in [0, 0.1) is 0 Å². The third kappa shape index (κ3) is 8.75. The standard InChI is InChI=1S/C29H31Cl4N3O4S/c1-5-26(28(38)34-29(2,3)4)35(17-19-9-10-22(32)16-25(19)33)27(37)18-36(23-8-6-7-21(31)15-23)41(39,40)24-13-11-20(30)12-14-24/h6-16,26H,5,17-18H2,1-4H3,(H,34,38). The molecule has 220 valence electrons. The van der Waals surface area contributed by atoms with E-state index in [0.717, 1.165) is 4.31 Å². The van der Waals surface area contributed by atoms with E-state index in [1.165, 1.54) is 41.3 Å². The topological polar surface area (TPSA) is 86.8 Å². The van der Waals surface area contributed by atoms with Crippen LogP contribution < -0.4 is 9.62 Å². The van der Waals surface area contributed by atoms with Crippen molar-refractivity contribution >= 4 is 73.9 Å². The summed E-state index contributed by atoms with van der Waals surface area (Å²) in [4.78, 5) is 28.8. The predicted molar refractivity (Wildman–Crippen MR) is 166 cm³/mol. The first kappa shape index (κ1) is 33.0. The number of carbonyl (C=O) groups is 2. The minimum atomic E-state index is -4.26. The molecule has 3 aromatic rings. The largest absolute Gasteiger partial charge is 0.350 e. The van der Waals surface area contributed by atoms with E-state index in [0.29, 0.717) is 20.6 Å². The molecule has 1 atom stereocenters. The molecule has 0 aliphatic rings. The number of nitrogens with zero attached hydrogens (tertiary/aromatic N) is 2. The SMILES string of the molecule is CCC(C(=O)NC(C)(C)C)N(Cc1ccc(Cl)cc1Cl)C(=O)CN(c1cccc(Cl)c1)S(=O)(=O)c1ccc(Cl)cc1. The molecule has 0 heterocycles. The smallest absolute Gasteiger partial charge is 0.264 e. The quantitative estimate of drug-likeness (QED) is 0.249. The first-order chi connectivity index (χ1) is 19.1. The lowest BCUT2D eigenvalue weighted by molar-refractivity contribution is -0.141. The molecule has 12 heteroatoms. The van der Waals surface area contributed by atoms with Crippen molar-refractivity contribution in [3.05, 3.63) is 92.4 Å². The number of carbonyl (C=O) groups excluding carboxylic acids is 2. The van der Waals surface area contributed by atoms with Crippen LogP contribution in [0.2, 0.25) is 20.1 Å². The van der Waals surface area contributed by atoms with Crippen molar-refractivity contribution in [1.29, 1.82) is 0 Å². The second kappa shape index (κ2) is 13.7. The lowest BCUT2D eigenvalue weighted by atomic mass is 10.1. The summed E-state index contributed by atoms with van der Waals surface area (Å²) in [6, 6.07) is 15.7. The summed E-state index contributed by atoms with van der Waals surface area (Å²) in [5, 5.41) is 4.28. The highest BCUT2D eigenvalue weighted by Gasteiger charge is 2.35. The molecule has 0 aliphatic heterocycles. The summed E-state index contributed by atoms with van der Waals surface area (Å²) in [5.41, 5.74) is 0.153. The van der Waals surface area contributed by atoms with Gasteiger partial charge in [0.15, 0.2) is 0 Å². The van der Waals surface area contributed by atoms with Gasteiger partial charge in [-0.15, -0.1) is 0 Å². The summed E-state index contributed by atoms with van der Waals surface area (Å²) in [7, 11) is -4.26. The van der Waals surface area contributed by atoms with Gasteiger partial charge >= 0.3 is 0 Å². The van der Waals surface area contributed by atoms with Gasteiger partial charge in [0.25, 0.3) is 10.0 Å². The summed E-state index contributed by atoms with van der Waals surface area (Å²) >= 11 is 24.7. The molecule has 0 spiro atoms. The highest BCUT2D eigenvalue weighted by Crippen LogP contribution is 2.29. The Morgan fingerprint density at radius 3 is 2.05 bits per heavy atom. The van der Waals surface area contributed by atoms with Gasteiger partial charge in [0.1, 0.15) is 12.6 Å². The van der Waals surface area contributed by atoms with Crippen molar-refractivity contribution in [2.75, 3.05) is 10.8 Å². The minimum absolute atomic E-state index is 0.0602. The van der Waals surface area contributed by atoms with Crippen molar-refractivity contribution in [2.45, 2.75) is 57.1 Å². The van der Waals surface area contributed by atoms with Crippen molar-refractivity contribution in [3.8, 4) is 0 Å². The highest BCUT2D eigenvalue weighted by molar-refractivity contribution is 7.92. The maximum Gasteiger partial charge on any atom is 0.264 e. The zero-order chi connectivity index (χ0) is 30.5. The van der Waals surface area contributed by atoms with Crippen LogP contribution in [0.25, 0.3) is 0 Å². The fourth-order valence-electron chi connectivity index (χ4n) is 4.10. The summed E-state index contributed by atoms with van der Waals surface area (Å²) in [6.07, 6.45) is 0.264. The van der Waals surface area contributed by atoms with Crippen molar-refractivity contribution in [2.24, 2.45) is 0 Å². The van der Waals surface area contributed by atoms with Crippen molar-refractivity contribution in [3.63, 3.8) is 0 Å². The van der Waals surface area contributed by atoms with Crippen molar-refractivity contribution in [1.82, 2.24) is 10.2 Å². The van der Waals surface area contributed by atoms with E-state index in [9.17, 15) is 18.0 Å². The Morgan fingerprint density at radius 2 is 1.49 bits per heavy atom. The fraction of sp³-hybridized carbons (Fsp3) is 0.310. The Labute approximate surface area is 261 Å². The molecule has 41 heavy (non-hydrogen) atoms. The molecule has 3 rings (SSSR count). The van der Waals surface area contributed by atoms with Crippen LogP contribution >= 0.6 is 46.4 Å². The number of hydrogen-bond acceptors (Lipinski definition) is 4. The highest BCUT2D eigenvalue weighted by atomic mass is 35.5. The summed E-state index contributed by atoms with van der Waals surface area (Å²) in [6.45, 7) is 6.60. The Morgan fingerprint density at radius 1 is 0.878 bits per heavy atom. The zero-order valence-corrected chi connectivity index (χ0v) is 26.8. The van der Waals surface area contributed by atoms with Crippen LogP contribution in [-0.4, -0.2) is 43.3 Å². The molecular formula is C29H31Cl4N3O4S. The number of amides is 2. The van der Waals surface area contributed by atoms with E-state index >= 15 is 0 Å². The third-order valence-electron chi connectivity index (χ3n) is 6.02. The Hall–Kier alpha value is -2.49. The van der Waals surface area contributed by atoms with E-state index in [2.05, 4.69) is 5.32 Å². The lowest BCUT2D eigenvalue weighted by Crippen LogP contribution is -2.55. The van der Waals surface area contributed by atoms with Gasteiger partial charge in [0.2, 0.25) is 11.8 Å². The molecule has 0 saturated heterocycles. The van der Waals surface area contributed by atoms with Gasteiger partial charge in [-0.1, -0.05) is 65.5 Å². The Kier molecular flexibility index (Phi) is 11.0. The van der Waals surface area contributed by atoms with Crippen LogP contribution in [0.15, 0.2) is 71.6 Å². The lowest BCUT2D eigenvalue weighted by Gasteiger charge is -2.35. The van der Waals surface area contributed by atoms with Gasteiger partial charge in [-0.3, -0.25) is 13.9 Å². The molecule has 1 unspecified atom stereocenters. The average molecular weight is 659 g/mol. The van der Waals surface area contributed by atoms with Gasteiger partial charge in [-0.05, 0) is 87.4 Å². The van der Waals surface area contributed by atoms with Crippen LogP contribution in [0.3, 0.4) is 0 Å². The maximum atomic E-state index is 14.1. The summed E-state index contributed by atoms with van der Waals surface area (Å²) in [5.74, 6) is -1.00. The van der Waals surface area contributed by atoms with E-state index in [1.807, 2.05) is 20.8 Å². The molecule has 0 aromatic heterocycles.